The standard InChI is InChI=1S/C12H18N2O2/c1-9(2)6-13-8-11-5-4-10(7-14-11)12(15)16-3/h4-5,7,9,13H,6,8H2,1-3H3. The largest absolute Gasteiger partial charge is 0.465 e. The molecule has 0 saturated carbocycles. The van der Waals surface area contributed by atoms with Crippen LogP contribution < -0.4 is 5.32 Å². The smallest absolute Gasteiger partial charge is 0.339 e. The van der Waals surface area contributed by atoms with E-state index in [1.54, 1.807) is 6.07 Å². The van der Waals surface area contributed by atoms with E-state index in [4.69, 9.17) is 0 Å². The summed E-state index contributed by atoms with van der Waals surface area (Å²) < 4.78 is 4.59. The topological polar surface area (TPSA) is 51.2 Å². The number of esters is 1. The molecule has 0 aliphatic heterocycles. The van der Waals surface area contributed by atoms with E-state index in [9.17, 15) is 4.79 Å². The third-order valence-electron chi connectivity index (χ3n) is 2.10. The number of rotatable bonds is 5. The first-order valence-corrected chi connectivity index (χ1v) is 5.37. The average molecular weight is 222 g/mol. The maximum atomic E-state index is 11.2. The first kappa shape index (κ1) is 12.6. The fourth-order valence-corrected chi connectivity index (χ4v) is 1.26. The van der Waals surface area contributed by atoms with Crippen LogP contribution in [0.2, 0.25) is 0 Å². The Bertz CT molecular complexity index is 333. The molecule has 0 aliphatic carbocycles. The number of nitrogens with one attached hydrogen (secondary N) is 1. The molecular weight excluding hydrogens is 204 g/mol. The fourth-order valence-electron chi connectivity index (χ4n) is 1.26. The van der Waals surface area contributed by atoms with Crippen LogP contribution in [0, 0.1) is 5.92 Å². The molecule has 4 nitrogen and oxygen atoms in total. The molecule has 1 heterocycles. The van der Waals surface area contributed by atoms with E-state index in [1.807, 2.05) is 6.07 Å². The van der Waals surface area contributed by atoms with Crippen molar-refractivity contribution in [2.45, 2.75) is 20.4 Å². The van der Waals surface area contributed by atoms with Gasteiger partial charge >= 0.3 is 5.97 Å². The molecule has 1 aromatic heterocycles. The molecule has 0 fully saturated rings. The van der Waals surface area contributed by atoms with E-state index in [1.165, 1.54) is 13.3 Å². The zero-order valence-electron chi connectivity index (χ0n) is 9.99. The summed E-state index contributed by atoms with van der Waals surface area (Å²) in [5, 5.41) is 3.29. The van der Waals surface area contributed by atoms with Gasteiger partial charge < -0.3 is 10.1 Å². The number of nitrogens with zero attached hydrogens (tertiary/aromatic N) is 1. The van der Waals surface area contributed by atoms with Crippen molar-refractivity contribution < 1.29 is 9.53 Å². The highest BCUT2D eigenvalue weighted by atomic mass is 16.5. The monoisotopic (exact) mass is 222 g/mol. The molecule has 4 heteroatoms. The van der Waals surface area contributed by atoms with E-state index < -0.39 is 0 Å². The van der Waals surface area contributed by atoms with Gasteiger partial charge in [-0.2, -0.15) is 0 Å². The van der Waals surface area contributed by atoms with Gasteiger partial charge in [-0.3, -0.25) is 4.98 Å². The third-order valence-corrected chi connectivity index (χ3v) is 2.10. The maximum absolute atomic E-state index is 11.2. The number of pyridine rings is 1. The van der Waals surface area contributed by atoms with Crippen LogP contribution >= 0.6 is 0 Å². The normalized spacial score (nSPS) is 10.5. The predicted molar refractivity (Wildman–Crippen MR) is 62.1 cm³/mol. The van der Waals surface area contributed by atoms with Crippen LogP contribution in [0.15, 0.2) is 18.3 Å². The van der Waals surface area contributed by atoms with Crippen molar-refractivity contribution in [3.05, 3.63) is 29.6 Å². The van der Waals surface area contributed by atoms with Gasteiger partial charge in [0.1, 0.15) is 0 Å². The van der Waals surface area contributed by atoms with Gasteiger partial charge in [-0.25, -0.2) is 4.79 Å². The van der Waals surface area contributed by atoms with Crippen molar-refractivity contribution in [2.75, 3.05) is 13.7 Å². The average Bonchev–Trinajstić information content (AvgIpc) is 2.28. The summed E-state index contributed by atoms with van der Waals surface area (Å²) in [6.07, 6.45) is 1.54. The summed E-state index contributed by atoms with van der Waals surface area (Å²) in [4.78, 5) is 15.3. The lowest BCUT2D eigenvalue weighted by Gasteiger charge is -2.07. The van der Waals surface area contributed by atoms with Crippen LogP contribution in [0.4, 0.5) is 0 Å². The van der Waals surface area contributed by atoms with Crippen molar-refractivity contribution in [1.82, 2.24) is 10.3 Å². The number of ether oxygens (including phenoxy) is 1. The van der Waals surface area contributed by atoms with Crippen LogP contribution in [0.1, 0.15) is 29.9 Å². The molecular formula is C12H18N2O2. The van der Waals surface area contributed by atoms with Crippen molar-refractivity contribution in [3.8, 4) is 0 Å². The second-order valence-corrected chi connectivity index (χ2v) is 4.05. The molecule has 0 unspecified atom stereocenters. The van der Waals surface area contributed by atoms with E-state index in [2.05, 4.69) is 28.9 Å². The van der Waals surface area contributed by atoms with Gasteiger partial charge in [-0.1, -0.05) is 13.8 Å². The Morgan fingerprint density at radius 2 is 2.25 bits per heavy atom. The number of carbonyl (C=O) groups excluding carboxylic acids is 1. The number of carbonyl (C=O) groups is 1. The SMILES string of the molecule is COC(=O)c1ccc(CNCC(C)C)nc1. The molecule has 1 N–H and O–H groups in total. The molecule has 0 bridgehead atoms. The first-order valence-electron chi connectivity index (χ1n) is 5.37. The van der Waals surface area contributed by atoms with Crippen LogP contribution in [0.25, 0.3) is 0 Å². The molecule has 0 radical (unpaired) electrons. The highest BCUT2D eigenvalue weighted by Gasteiger charge is 2.05. The van der Waals surface area contributed by atoms with Gasteiger partial charge in [-0.15, -0.1) is 0 Å². The summed E-state index contributed by atoms with van der Waals surface area (Å²) in [5.74, 6) is 0.267. The predicted octanol–water partition coefficient (Wildman–Crippen LogP) is 1.61. The van der Waals surface area contributed by atoms with Crippen LogP contribution in [-0.2, 0) is 11.3 Å². The van der Waals surface area contributed by atoms with Crippen LogP contribution in [0.5, 0.6) is 0 Å². The minimum atomic E-state index is -0.353. The molecule has 0 spiro atoms. The Morgan fingerprint density at radius 3 is 2.75 bits per heavy atom. The molecule has 0 amide bonds. The molecule has 0 aromatic carbocycles. The fraction of sp³-hybridized carbons (Fsp3) is 0.500. The molecule has 0 saturated heterocycles. The summed E-state index contributed by atoms with van der Waals surface area (Å²) in [5.41, 5.74) is 1.41. The summed E-state index contributed by atoms with van der Waals surface area (Å²) >= 11 is 0. The van der Waals surface area contributed by atoms with E-state index >= 15 is 0 Å². The summed E-state index contributed by atoms with van der Waals surface area (Å²) in [6, 6.07) is 3.56. The van der Waals surface area contributed by atoms with Gasteiger partial charge in [-0.05, 0) is 24.6 Å². The summed E-state index contributed by atoms with van der Waals surface area (Å²) in [7, 11) is 1.36. The zero-order valence-corrected chi connectivity index (χ0v) is 9.99. The lowest BCUT2D eigenvalue weighted by molar-refractivity contribution is 0.0600. The molecule has 0 atom stereocenters. The van der Waals surface area contributed by atoms with Crippen molar-refractivity contribution in [2.24, 2.45) is 5.92 Å². The Labute approximate surface area is 96.0 Å². The Hall–Kier alpha value is -1.42. The quantitative estimate of drug-likeness (QED) is 0.769. The Kier molecular flexibility index (Phi) is 4.92. The van der Waals surface area contributed by atoms with Crippen molar-refractivity contribution >= 4 is 5.97 Å². The lowest BCUT2D eigenvalue weighted by Crippen LogP contribution is -2.19. The highest BCUT2D eigenvalue weighted by molar-refractivity contribution is 5.88. The van der Waals surface area contributed by atoms with Crippen LogP contribution in [-0.4, -0.2) is 24.6 Å². The molecule has 88 valence electrons. The van der Waals surface area contributed by atoms with E-state index in [0.29, 0.717) is 11.5 Å². The van der Waals surface area contributed by atoms with Gasteiger partial charge in [0, 0.05) is 12.7 Å². The molecule has 1 aromatic rings. The lowest BCUT2D eigenvalue weighted by atomic mass is 10.2. The molecule has 0 aliphatic rings. The number of methoxy groups -OCH3 is 1. The number of hydrogen-bond acceptors (Lipinski definition) is 4. The van der Waals surface area contributed by atoms with Crippen molar-refractivity contribution in [3.63, 3.8) is 0 Å². The Balaban J connectivity index is 2.48. The minimum absolute atomic E-state index is 0.353. The second kappa shape index (κ2) is 6.23. The number of hydrogen-bond donors (Lipinski definition) is 1. The van der Waals surface area contributed by atoms with Gasteiger partial charge in [0.2, 0.25) is 0 Å². The third kappa shape index (κ3) is 3.98. The van der Waals surface area contributed by atoms with E-state index in [-0.39, 0.29) is 5.97 Å². The molecule has 1 rings (SSSR count). The summed E-state index contributed by atoms with van der Waals surface area (Å²) in [6.45, 7) is 5.99. The van der Waals surface area contributed by atoms with Gasteiger partial charge in [0.25, 0.3) is 0 Å². The minimum Gasteiger partial charge on any atom is -0.465 e. The van der Waals surface area contributed by atoms with Gasteiger partial charge in [0.05, 0.1) is 18.4 Å². The van der Waals surface area contributed by atoms with Gasteiger partial charge in [0.15, 0.2) is 0 Å². The van der Waals surface area contributed by atoms with E-state index in [0.717, 1.165) is 18.8 Å². The zero-order chi connectivity index (χ0) is 12.0. The second-order valence-electron chi connectivity index (χ2n) is 4.05. The maximum Gasteiger partial charge on any atom is 0.339 e. The van der Waals surface area contributed by atoms with Crippen molar-refractivity contribution in [1.29, 1.82) is 0 Å². The van der Waals surface area contributed by atoms with Crippen LogP contribution in [0.3, 0.4) is 0 Å². The first-order chi connectivity index (χ1) is 7.63. The highest BCUT2D eigenvalue weighted by Crippen LogP contribution is 2.02. The Morgan fingerprint density at radius 1 is 1.50 bits per heavy atom. The number of aromatic nitrogens is 1. The molecule has 16 heavy (non-hydrogen) atoms.